The Bertz CT molecular complexity index is 980. The van der Waals surface area contributed by atoms with Gasteiger partial charge in [-0.15, -0.1) is 5.10 Å². The molecule has 7 nitrogen and oxygen atoms in total. The molecule has 3 rings (SSSR count). The van der Waals surface area contributed by atoms with Gasteiger partial charge in [-0.25, -0.2) is 8.42 Å². The van der Waals surface area contributed by atoms with E-state index >= 15 is 0 Å². The van der Waals surface area contributed by atoms with Crippen molar-refractivity contribution in [2.75, 3.05) is 11.1 Å². The Morgan fingerprint density at radius 1 is 1.08 bits per heavy atom. The number of rotatable bonds is 5. The average Bonchev–Trinajstić information content (AvgIpc) is 3.13. The van der Waals surface area contributed by atoms with Crippen LogP contribution in [0.3, 0.4) is 0 Å². The Morgan fingerprint density at radius 3 is 2.40 bits per heavy atom. The smallest absolute Gasteiger partial charge is 0.277 e. The minimum absolute atomic E-state index is 0.0291. The van der Waals surface area contributed by atoms with Crippen molar-refractivity contribution in [2.24, 2.45) is 0 Å². The van der Waals surface area contributed by atoms with Crippen molar-refractivity contribution in [3.8, 4) is 5.69 Å². The molecule has 2 aromatic carbocycles. The van der Waals surface area contributed by atoms with Gasteiger partial charge in [-0.3, -0.25) is 4.79 Å². The van der Waals surface area contributed by atoms with Crippen molar-refractivity contribution in [3.05, 3.63) is 66.5 Å². The largest absolute Gasteiger partial charge is 0.321 e. The molecule has 0 saturated heterocycles. The molecular formula is C17H16N4O3S. The first kappa shape index (κ1) is 16.8. The van der Waals surface area contributed by atoms with E-state index in [1.54, 1.807) is 19.1 Å². The standard InChI is InChI=1S/C17H16N4O3S/c1-2-25(23,24)15-10-8-13(9-11-15)19-17(22)16-12-18-21(20-16)14-6-4-3-5-7-14/h3-12H,2H2,1H3,(H,19,22). The second-order valence-electron chi connectivity index (χ2n) is 5.24. The predicted molar refractivity (Wildman–Crippen MR) is 93.5 cm³/mol. The third kappa shape index (κ3) is 3.74. The van der Waals surface area contributed by atoms with Gasteiger partial charge in [0.2, 0.25) is 0 Å². The van der Waals surface area contributed by atoms with Crippen LogP contribution in [-0.2, 0) is 9.84 Å². The zero-order valence-electron chi connectivity index (χ0n) is 13.5. The summed E-state index contributed by atoms with van der Waals surface area (Å²) in [6, 6.07) is 15.3. The van der Waals surface area contributed by atoms with Crippen LogP contribution in [0, 0.1) is 0 Å². The van der Waals surface area contributed by atoms with Crippen LogP contribution >= 0.6 is 0 Å². The Hall–Kier alpha value is -3.00. The van der Waals surface area contributed by atoms with E-state index in [0.717, 1.165) is 5.69 Å². The van der Waals surface area contributed by atoms with E-state index in [1.165, 1.54) is 23.1 Å². The summed E-state index contributed by atoms with van der Waals surface area (Å²) in [6.45, 7) is 1.58. The van der Waals surface area contributed by atoms with E-state index in [1.807, 2.05) is 30.3 Å². The van der Waals surface area contributed by atoms with E-state index in [4.69, 9.17) is 0 Å². The summed E-state index contributed by atoms with van der Waals surface area (Å²) in [7, 11) is -3.26. The molecule has 8 heteroatoms. The first-order chi connectivity index (χ1) is 12.0. The third-order valence-corrected chi connectivity index (χ3v) is 5.31. The van der Waals surface area contributed by atoms with Gasteiger partial charge >= 0.3 is 0 Å². The van der Waals surface area contributed by atoms with Crippen LogP contribution < -0.4 is 5.32 Å². The first-order valence-electron chi connectivity index (χ1n) is 7.61. The topological polar surface area (TPSA) is 94.0 Å². The number of carbonyl (C=O) groups is 1. The summed E-state index contributed by atoms with van der Waals surface area (Å²) in [6.07, 6.45) is 1.37. The summed E-state index contributed by atoms with van der Waals surface area (Å²) in [5.74, 6) is -0.394. The van der Waals surface area contributed by atoms with Crippen molar-refractivity contribution in [2.45, 2.75) is 11.8 Å². The molecule has 1 heterocycles. The second kappa shape index (κ2) is 6.86. The van der Waals surface area contributed by atoms with Crippen LogP contribution in [0.4, 0.5) is 5.69 Å². The van der Waals surface area contributed by atoms with Gasteiger partial charge in [0.15, 0.2) is 15.5 Å². The molecule has 0 atom stereocenters. The monoisotopic (exact) mass is 356 g/mol. The highest BCUT2D eigenvalue weighted by molar-refractivity contribution is 7.91. The van der Waals surface area contributed by atoms with Crippen LogP contribution in [0.25, 0.3) is 5.69 Å². The van der Waals surface area contributed by atoms with Crippen molar-refractivity contribution in [1.82, 2.24) is 15.0 Å². The lowest BCUT2D eigenvalue weighted by Crippen LogP contribution is -2.13. The zero-order valence-corrected chi connectivity index (χ0v) is 14.3. The number of nitrogens with one attached hydrogen (secondary N) is 1. The number of anilines is 1. The van der Waals surface area contributed by atoms with Gasteiger partial charge in [0.25, 0.3) is 5.91 Å². The van der Waals surface area contributed by atoms with Gasteiger partial charge in [-0.1, -0.05) is 25.1 Å². The maximum Gasteiger partial charge on any atom is 0.277 e. The highest BCUT2D eigenvalue weighted by Crippen LogP contribution is 2.16. The third-order valence-electron chi connectivity index (χ3n) is 3.56. The summed E-state index contributed by atoms with van der Waals surface area (Å²) < 4.78 is 23.6. The van der Waals surface area contributed by atoms with E-state index in [0.29, 0.717) is 5.69 Å². The lowest BCUT2D eigenvalue weighted by atomic mass is 10.3. The van der Waals surface area contributed by atoms with E-state index < -0.39 is 15.7 Å². The quantitative estimate of drug-likeness (QED) is 0.757. The molecule has 0 bridgehead atoms. The molecule has 0 aliphatic rings. The molecule has 0 aliphatic heterocycles. The van der Waals surface area contributed by atoms with Crippen LogP contribution in [0.1, 0.15) is 17.4 Å². The molecule has 0 aliphatic carbocycles. The molecule has 0 spiro atoms. The summed E-state index contributed by atoms with van der Waals surface area (Å²) in [4.78, 5) is 13.8. The molecule has 1 aromatic heterocycles. The molecule has 128 valence electrons. The molecular weight excluding hydrogens is 340 g/mol. The summed E-state index contributed by atoms with van der Waals surface area (Å²) >= 11 is 0. The van der Waals surface area contributed by atoms with E-state index in [-0.39, 0.29) is 16.3 Å². The summed E-state index contributed by atoms with van der Waals surface area (Å²) in [5, 5.41) is 10.9. The lowest BCUT2D eigenvalue weighted by molar-refractivity contribution is 0.102. The number of carbonyl (C=O) groups excluding carboxylic acids is 1. The molecule has 3 aromatic rings. The van der Waals surface area contributed by atoms with Gasteiger partial charge in [0.05, 0.1) is 22.5 Å². The number of aromatic nitrogens is 3. The highest BCUT2D eigenvalue weighted by atomic mass is 32.2. The van der Waals surface area contributed by atoms with E-state index in [9.17, 15) is 13.2 Å². The van der Waals surface area contributed by atoms with Gasteiger partial charge in [-0.2, -0.15) is 9.90 Å². The molecule has 0 fully saturated rings. The number of para-hydroxylation sites is 1. The second-order valence-corrected chi connectivity index (χ2v) is 7.51. The predicted octanol–water partition coefficient (Wildman–Crippen LogP) is 2.31. The van der Waals surface area contributed by atoms with E-state index in [2.05, 4.69) is 15.5 Å². The van der Waals surface area contributed by atoms with Crippen LogP contribution in [-0.4, -0.2) is 35.1 Å². The number of sulfone groups is 1. The molecule has 1 N–H and O–H groups in total. The molecule has 1 amide bonds. The van der Waals surface area contributed by atoms with Gasteiger partial charge in [-0.05, 0) is 36.4 Å². The minimum atomic E-state index is -3.26. The van der Waals surface area contributed by atoms with Crippen molar-refractivity contribution in [3.63, 3.8) is 0 Å². The first-order valence-corrected chi connectivity index (χ1v) is 9.27. The Labute approximate surface area is 145 Å². The summed E-state index contributed by atoms with van der Waals surface area (Å²) in [5.41, 5.74) is 1.39. The van der Waals surface area contributed by atoms with Gasteiger partial charge in [0, 0.05) is 5.69 Å². The zero-order chi connectivity index (χ0) is 17.9. The van der Waals surface area contributed by atoms with Crippen molar-refractivity contribution < 1.29 is 13.2 Å². The van der Waals surface area contributed by atoms with Gasteiger partial charge in [0.1, 0.15) is 0 Å². The molecule has 0 unspecified atom stereocenters. The normalized spacial score (nSPS) is 11.2. The Kier molecular flexibility index (Phi) is 4.62. The fourth-order valence-electron chi connectivity index (χ4n) is 2.16. The van der Waals surface area contributed by atoms with Gasteiger partial charge < -0.3 is 5.32 Å². The highest BCUT2D eigenvalue weighted by Gasteiger charge is 2.14. The molecule has 25 heavy (non-hydrogen) atoms. The number of nitrogens with zero attached hydrogens (tertiary/aromatic N) is 3. The Balaban J connectivity index is 1.74. The average molecular weight is 356 g/mol. The van der Waals surface area contributed by atoms with Crippen LogP contribution in [0.2, 0.25) is 0 Å². The maximum atomic E-state index is 12.3. The number of hydrogen-bond acceptors (Lipinski definition) is 5. The lowest BCUT2D eigenvalue weighted by Gasteiger charge is -2.05. The van der Waals surface area contributed by atoms with Crippen molar-refractivity contribution in [1.29, 1.82) is 0 Å². The minimum Gasteiger partial charge on any atom is -0.321 e. The van der Waals surface area contributed by atoms with Crippen LogP contribution in [0.5, 0.6) is 0 Å². The van der Waals surface area contributed by atoms with Crippen molar-refractivity contribution >= 4 is 21.4 Å². The Morgan fingerprint density at radius 2 is 1.76 bits per heavy atom. The number of benzene rings is 2. The number of amides is 1. The molecule has 0 saturated carbocycles. The van der Waals surface area contributed by atoms with Crippen LogP contribution in [0.15, 0.2) is 65.7 Å². The fourth-order valence-corrected chi connectivity index (χ4v) is 3.04. The molecule has 0 radical (unpaired) electrons. The maximum absolute atomic E-state index is 12.3. The SMILES string of the molecule is CCS(=O)(=O)c1ccc(NC(=O)c2cnn(-c3ccccc3)n2)cc1. The number of hydrogen-bond donors (Lipinski definition) is 1. The fraction of sp³-hybridized carbons (Fsp3) is 0.118.